The fraction of sp³-hybridized carbons (Fsp3) is 0.625. The minimum absolute atomic E-state index is 0.354. The van der Waals surface area contributed by atoms with Crippen molar-refractivity contribution in [1.29, 1.82) is 0 Å². The van der Waals surface area contributed by atoms with Crippen LogP contribution in [0, 0.1) is 0 Å². The van der Waals surface area contributed by atoms with Crippen molar-refractivity contribution >= 4 is 11.8 Å². The summed E-state index contributed by atoms with van der Waals surface area (Å²) in [4.78, 5) is 0. The first-order valence-electron chi connectivity index (χ1n) is 7.16. The summed E-state index contributed by atoms with van der Waals surface area (Å²) < 4.78 is 10.7. The minimum Gasteiger partial charge on any atom is -0.493 e. The molecule has 0 saturated heterocycles. The molecule has 20 heavy (non-hydrogen) atoms. The molecule has 0 aliphatic rings. The normalized spacial score (nSPS) is 13.8. The lowest BCUT2D eigenvalue weighted by Gasteiger charge is -2.24. The minimum atomic E-state index is 0.354. The van der Waals surface area contributed by atoms with E-state index in [4.69, 9.17) is 9.47 Å². The number of rotatable bonds is 9. The average molecular weight is 297 g/mol. The molecule has 0 amide bonds. The van der Waals surface area contributed by atoms with Crippen LogP contribution in [0.2, 0.25) is 0 Å². The highest BCUT2D eigenvalue weighted by Gasteiger charge is 2.16. The van der Waals surface area contributed by atoms with Gasteiger partial charge < -0.3 is 14.8 Å². The van der Waals surface area contributed by atoms with Crippen LogP contribution in [0.5, 0.6) is 11.5 Å². The Morgan fingerprint density at radius 1 is 1.10 bits per heavy atom. The molecule has 0 bridgehead atoms. The molecule has 3 nitrogen and oxygen atoms in total. The van der Waals surface area contributed by atoms with Gasteiger partial charge >= 0.3 is 0 Å². The van der Waals surface area contributed by atoms with Crippen molar-refractivity contribution in [3.63, 3.8) is 0 Å². The molecule has 1 rings (SSSR count). The van der Waals surface area contributed by atoms with E-state index in [1.54, 1.807) is 14.2 Å². The molecule has 0 aromatic heterocycles. The largest absolute Gasteiger partial charge is 0.493 e. The van der Waals surface area contributed by atoms with E-state index in [1.165, 1.54) is 5.56 Å². The standard InChI is InChI=1S/C16H27NO2S/c1-6-13(11-20-5)17-14(7-2)12-8-9-15(18-3)16(10-12)19-4/h8-10,13-14,17H,6-7,11H2,1-5H3. The van der Waals surface area contributed by atoms with Gasteiger partial charge in [0.1, 0.15) is 0 Å². The summed E-state index contributed by atoms with van der Waals surface area (Å²) in [6.07, 6.45) is 4.35. The van der Waals surface area contributed by atoms with Gasteiger partial charge in [-0.3, -0.25) is 0 Å². The number of methoxy groups -OCH3 is 2. The lowest BCUT2D eigenvalue weighted by Crippen LogP contribution is -2.34. The van der Waals surface area contributed by atoms with Crippen molar-refractivity contribution in [2.24, 2.45) is 0 Å². The van der Waals surface area contributed by atoms with Gasteiger partial charge in [0.05, 0.1) is 14.2 Å². The molecule has 0 spiro atoms. The summed E-state index contributed by atoms with van der Waals surface area (Å²) in [5.41, 5.74) is 1.25. The highest BCUT2D eigenvalue weighted by molar-refractivity contribution is 7.98. The van der Waals surface area contributed by atoms with Crippen molar-refractivity contribution in [3.05, 3.63) is 23.8 Å². The van der Waals surface area contributed by atoms with E-state index in [9.17, 15) is 0 Å². The van der Waals surface area contributed by atoms with Crippen molar-refractivity contribution in [3.8, 4) is 11.5 Å². The molecule has 1 N–H and O–H groups in total. The van der Waals surface area contributed by atoms with E-state index >= 15 is 0 Å². The van der Waals surface area contributed by atoms with Gasteiger partial charge in [-0.1, -0.05) is 19.9 Å². The molecular formula is C16H27NO2S. The smallest absolute Gasteiger partial charge is 0.161 e. The van der Waals surface area contributed by atoms with Gasteiger partial charge in [0.2, 0.25) is 0 Å². The maximum Gasteiger partial charge on any atom is 0.161 e. The van der Waals surface area contributed by atoms with Crippen molar-refractivity contribution in [2.45, 2.75) is 38.8 Å². The van der Waals surface area contributed by atoms with Crippen LogP contribution < -0.4 is 14.8 Å². The van der Waals surface area contributed by atoms with E-state index in [-0.39, 0.29) is 0 Å². The molecule has 0 radical (unpaired) electrons. The number of nitrogens with one attached hydrogen (secondary N) is 1. The molecule has 4 heteroatoms. The Hall–Kier alpha value is -0.870. The molecular weight excluding hydrogens is 270 g/mol. The summed E-state index contributed by atoms with van der Waals surface area (Å²) in [6, 6.07) is 7.07. The molecule has 0 heterocycles. The zero-order valence-electron chi connectivity index (χ0n) is 13.2. The first-order chi connectivity index (χ1) is 9.69. The lowest BCUT2D eigenvalue weighted by molar-refractivity contribution is 0.353. The van der Waals surface area contributed by atoms with Gasteiger partial charge in [0, 0.05) is 17.8 Å². The first kappa shape index (κ1) is 17.2. The van der Waals surface area contributed by atoms with Crippen LogP contribution in [0.3, 0.4) is 0 Å². The first-order valence-corrected chi connectivity index (χ1v) is 8.56. The van der Waals surface area contributed by atoms with Gasteiger partial charge in [0.25, 0.3) is 0 Å². The quantitative estimate of drug-likeness (QED) is 0.749. The maximum atomic E-state index is 5.39. The number of benzene rings is 1. The molecule has 0 aliphatic heterocycles. The van der Waals surface area contributed by atoms with Gasteiger partial charge in [-0.25, -0.2) is 0 Å². The van der Waals surface area contributed by atoms with E-state index in [0.29, 0.717) is 12.1 Å². The third kappa shape index (κ3) is 4.60. The maximum absolute atomic E-state index is 5.39. The molecule has 114 valence electrons. The average Bonchev–Trinajstić information content (AvgIpc) is 2.50. The second kappa shape index (κ2) is 9.14. The van der Waals surface area contributed by atoms with Crippen LogP contribution in [0.4, 0.5) is 0 Å². The summed E-state index contributed by atoms with van der Waals surface area (Å²) in [5, 5.41) is 3.74. The number of thioether (sulfide) groups is 1. The van der Waals surface area contributed by atoms with Crippen LogP contribution in [0.1, 0.15) is 38.3 Å². The van der Waals surface area contributed by atoms with Gasteiger partial charge in [-0.2, -0.15) is 11.8 Å². The predicted octanol–water partition coefficient (Wildman–Crippen LogP) is 3.89. The van der Waals surface area contributed by atoms with Crippen LogP contribution in [0.25, 0.3) is 0 Å². The van der Waals surface area contributed by atoms with Gasteiger partial charge in [-0.15, -0.1) is 0 Å². The fourth-order valence-corrected chi connectivity index (χ4v) is 3.02. The Labute approximate surface area is 127 Å². The van der Waals surface area contributed by atoms with Gasteiger partial charge in [-0.05, 0) is 36.8 Å². The fourth-order valence-electron chi connectivity index (χ4n) is 2.29. The molecule has 0 saturated carbocycles. The van der Waals surface area contributed by atoms with Crippen LogP contribution >= 0.6 is 11.8 Å². The monoisotopic (exact) mass is 297 g/mol. The van der Waals surface area contributed by atoms with E-state index in [1.807, 2.05) is 17.8 Å². The third-order valence-electron chi connectivity index (χ3n) is 3.52. The molecule has 2 unspecified atom stereocenters. The van der Waals surface area contributed by atoms with Crippen LogP contribution in [-0.4, -0.2) is 32.3 Å². The van der Waals surface area contributed by atoms with E-state index < -0.39 is 0 Å². The molecule has 0 fully saturated rings. The molecule has 1 aromatic carbocycles. The Balaban J connectivity index is 2.88. The zero-order chi connectivity index (χ0) is 15.0. The zero-order valence-corrected chi connectivity index (χ0v) is 14.0. The molecule has 2 atom stereocenters. The Kier molecular flexibility index (Phi) is 7.85. The SMILES string of the molecule is CCC(CSC)NC(CC)c1ccc(OC)c(OC)c1. The summed E-state index contributed by atoms with van der Waals surface area (Å²) in [5.74, 6) is 2.71. The van der Waals surface area contributed by atoms with Crippen molar-refractivity contribution < 1.29 is 9.47 Å². The molecule has 0 aliphatic carbocycles. The topological polar surface area (TPSA) is 30.5 Å². The predicted molar refractivity (Wildman–Crippen MR) is 88.2 cm³/mol. The molecule has 1 aromatic rings. The van der Waals surface area contributed by atoms with Crippen molar-refractivity contribution in [2.75, 3.05) is 26.2 Å². The Morgan fingerprint density at radius 3 is 2.30 bits per heavy atom. The number of ether oxygens (including phenoxy) is 2. The number of hydrogen-bond donors (Lipinski definition) is 1. The number of hydrogen-bond acceptors (Lipinski definition) is 4. The highest BCUT2D eigenvalue weighted by Crippen LogP contribution is 2.31. The Morgan fingerprint density at radius 2 is 1.80 bits per heavy atom. The second-order valence-corrected chi connectivity index (χ2v) is 5.71. The summed E-state index contributed by atoms with van der Waals surface area (Å²) in [7, 11) is 3.34. The second-order valence-electron chi connectivity index (χ2n) is 4.80. The van der Waals surface area contributed by atoms with Crippen LogP contribution in [-0.2, 0) is 0 Å². The lowest BCUT2D eigenvalue weighted by atomic mass is 10.0. The van der Waals surface area contributed by atoms with Crippen LogP contribution in [0.15, 0.2) is 18.2 Å². The highest BCUT2D eigenvalue weighted by atomic mass is 32.2. The summed E-state index contributed by atoms with van der Waals surface area (Å²) in [6.45, 7) is 4.44. The van der Waals surface area contributed by atoms with Gasteiger partial charge in [0.15, 0.2) is 11.5 Å². The van der Waals surface area contributed by atoms with E-state index in [2.05, 4.69) is 37.6 Å². The van der Waals surface area contributed by atoms with Crippen molar-refractivity contribution in [1.82, 2.24) is 5.32 Å². The van der Waals surface area contributed by atoms with E-state index in [0.717, 1.165) is 30.1 Å². The summed E-state index contributed by atoms with van der Waals surface area (Å²) >= 11 is 1.89. The Bertz CT molecular complexity index is 398. The third-order valence-corrected chi connectivity index (χ3v) is 4.25.